The van der Waals surface area contributed by atoms with Crippen LogP contribution >= 0.6 is 15.9 Å². The lowest BCUT2D eigenvalue weighted by Crippen LogP contribution is -2.43. The molecule has 1 unspecified atom stereocenters. The van der Waals surface area contributed by atoms with Crippen LogP contribution < -0.4 is 10.6 Å². The Morgan fingerprint density at radius 3 is 2.63 bits per heavy atom. The zero-order chi connectivity index (χ0) is 14.4. The number of para-hydroxylation sites is 1. The van der Waals surface area contributed by atoms with E-state index in [9.17, 15) is 14.0 Å². The van der Waals surface area contributed by atoms with Crippen molar-refractivity contribution in [1.29, 1.82) is 0 Å². The van der Waals surface area contributed by atoms with E-state index in [0.29, 0.717) is 4.47 Å². The van der Waals surface area contributed by atoms with Crippen molar-refractivity contribution in [3.05, 3.63) is 28.5 Å². The first-order valence-corrected chi connectivity index (χ1v) is 6.10. The summed E-state index contributed by atoms with van der Waals surface area (Å²) in [5, 5.41) is 21.8. The van der Waals surface area contributed by atoms with Crippen LogP contribution in [0.25, 0.3) is 0 Å². The Kier molecular flexibility index (Phi) is 5.71. The Bertz CT molecular complexity index is 464. The summed E-state index contributed by atoms with van der Waals surface area (Å²) in [5.74, 6) is -1.93. The summed E-state index contributed by atoms with van der Waals surface area (Å²) in [6.07, 6.45) is -0.138. The fraction of sp³-hybridized carbons (Fsp3) is 0.273. The van der Waals surface area contributed by atoms with Crippen molar-refractivity contribution in [2.75, 3.05) is 11.9 Å². The number of hydrogen-bond donors (Lipinski definition) is 4. The largest absolute Gasteiger partial charge is 0.480 e. The molecule has 2 amide bonds. The maximum Gasteiger partial charge on any atom is 0.326 e. The number of amides is 2. The maximum absolute atomic E-state index is 13.4. The molecule has 1 rings (SSSR count). The predicted molar refractivity (Wildman–Crippen MR) is 69.4 cm³/mol. The van der Waals surface area contributed by atoms with Gasteiger partial charge in [-0.15, -0.1) is 0 Å². The molecule has 0 saturated heterocycles. The molecule has 0 aliphatic rings. The third kappa shape index (κ3) is 4.49. The van der Waals surface area contributed by atoms with Gasteiger partial charge in [0.15, 0.2) is 0 Å². The quantitative estimate of drug-likeness (QED) is 0.656. The van der Waals surface area contributed by atoms with Gasteiger partial charge in [0.1, 0.15) is 11.9 Å². The lowest BCUT2D eigenvalue weighted by molar-refractivity contribution is -0.139. The topological polar surface area (TPSA) is 98.7 Å². The van der Waals surface area contributed by atoms with Crippen molar-refractivity contribution in [3.63, 3.8) is 0 Å². The van der Waals surface area contributed by atoms with Gasteiger partial charge in [-0.1, -0.05) is 6.07 Å². The SMILES string of the molecule is O=C(Nc1c(F)cccc1Br)NC(CCO)C(=O)O. The number of hydrogen-bond acceptors (Lipinski definition) is 3. The molecule has 6 nitrogen and oxygen atoms in total. The number of halogens is 2. The summed E-state index contributed by atoms with van der Waals surface area (Å²) in [6.45, 7) is -0.388. The van der Waals surface area contributed by atoms with Gasteiger partial charge in [-0.25, -0.2) is 14.0 Å². The van der Waals surface area contributed by atoms with Crippen LogP contribution in [0.1, 0.15) is 6.42 Å². The molecule has 0 saturated carbocycles. The molecule has 0 spiro atoms. The standard InChI is InChI=1S/C11H12BrFN2O4/c12-6-2-1-3-7(13)9(6)15-11(19)14-8(4-5-16)10(17)18/h1-3,8,16H,4-5H2,(H,17,18)(H2,14,15,19). The molecule has 1 aromatic rings. The molecule has 0 heterocycles. The number of aliphatic hydroxyl groups excluding tert-OH is 1. The van der Waals surface area contributed by atoms with E-state index in [1.54, 1.807) is 0 Å². The predicted octanol–water partition coefficient (Wildman–Crippen LogP) is 1.55. The minimum Gasteiger partial charge on any atom is -0.480 e. The average Bonchev–Trinajstić information content (AvgIpc) is 2.33. The second-order valence-corrected chi connectivity index (χ2v) is 4.45. The Balaban J connectivity index is 2.72. The second-order valence-electron chi connectivity index (χ2n) is 3.60. The number of benzene rings is 1. The number of carboxylic acid groups (broad SMARTS) is 1. The van der Waals surface area contributed by atoms with E-state index in [1.807, 2.05) is 0 Å². The summed E-state index contributed by atoms with van der Waals surface area (Å²) in [6, 6.07) is 2.03. The number of nitrogens with one attached hydrogen (secondary N) is 2. The van der Waals surface area contributed by atoms with E-state index in [4.69, 9.17) is 10.2 Å². The van der Waals surface area contributed by atoms with Crippen LogP contribution in [-0.2, 0) is 4.79 Å². The summed E-state index contributed by atoms with van der Waals surface area (Å²) in [5.41, 5.74) is -0.0897. The number of rotatable bonds is 5. The molecule has 0 radical (unpaired) electrons. The second kappa shape index (κ2) is 7.05. The molecular weight excluding hydrogens is 323 g/mol. The lowest BCUT2D eigenvalue weighted by Gasteiger charge is -2.14. The van der Waals surface area contributed by atoms with Gasteiger partial charge in [0.05, 0.1) is 5.69 Å². The highest BCUT2D eigenvalue weighted by molar-refractivity contribution is 9.10. The highest BCUT2D eigenvalue weighted by Crippen LogP contribution is 2.24. The Labute approximate surface area is 116 Å². The van der Waals surface area contributed by atoms with E-state index in [-0.39, 0.29) is 18.7 Å². The first kappa shape index (κ1) is 15.4. The van der Waals surface area contributed by atoms with Crippen molar-refractivity contribution in [2.24, 2.45) is 0 Å². The van der Waals surface area contributed by atoms with Gasteiger partial charge in [-0.2, -0.15) is 0 Å². The van der Waals surface area contributed by atoms with Gasteiger partial charge in [0, 0.05) is 17.5 Å². The maximum atomic E-state index is 13.4. The van der Waals surface area contributed by atoms with E-state index in [0.717, 1.165) is 6.07 Å². The lowest BCUT2D eigenvalue weighted by atomic mass is 10.2. The van der Waals surface area contributed by atoms with E-state index in [2.05, 4.69) is 26.6 Å². The molecule has 0 aliphatic heterocycles. The molecular formula is C11H12BrFN2O4. The molecule has 0 aliphatic carbocycles. The number of carboxylic acids is 1. The summed E-state index contributed by atoms with van der Waals surface area (Å²) in [4.78, 5) is 22.3. The number of carbonyl (C=O) groups is 2. The number of anilines is 1. The highest BCUT2D eigenvalue weighted by atomic mass is 79.9. The minimum atomic E-state index is -1.28. The minimum absolute atomic E-state index is 0.0897. The van der Waals surface area contributed by atoms with Gasteiger partial charge in [-0.3, -0.25) is 0 Å². The molecule has 0 bridgehead atoms. The summed E-state index contributed by atoms with van der Waals surface area (Å²) >= 11 is 3.06. The Morgan fingerprint density at radius 1 is 1.42 bits per heavy atom. The number of carbonyl (C=O) groups excluding carboxylic acids is 1. The van der Waals surface area contributed by atoms with Gasteiger partial charge in [-0.05, 0) is 28.1 Å². The zero-order valence-corrected chi connectivity index (χ0v) is 11.3. The van der Waals surface area contributed by atoms with Crippen LogP contribution in [0.15, 0.2) is 22.7 Å². The first-order chi connectivity index (χ1) is 8.95. The molecule has 1 aromatic carbocycles. The fourth-order valence-electron chi connectivity index (χ4n) is 1.31. The number of aliphatic hydroxyl groups is 1. The van der Waals surface area contributed by atoms with Crippen LogP contribution in [0.3, 0.4) is 0 Å². The number of urea groups is 1. The van der Waals surface area contributed by atoms with Gasteiger partial charge < -0.3 is 20.8 Å². The third-order valence-electron chi connectivity index (χ3n) is 2.22. The van der Waals surface area contributed by atoms with Crippen LogP contribution in [0.4, 0.5) is 14.9 Å². The third-order valence-corrected chi connectivity index (χ3v) is 2.88. The van der Waals surface area contributed by atoms with Crippen molar-refractivity contribution in [3.8, 4) is 0 Å². The Hall–Kier alpha value is -1.67. The molecule has 19 heavy (non-hydrogen) atoms. The summed E-state index contributed by atoms with van der Waals surface area (Å²) < 4.78 is 13.8. The van der Waals surface area contributed by atoms with Crippen LogP contribution in [0.2, 0.25) is 0 Å². The Morgan fingerprint density at radius 2 is 2.11 bits per heavy atom. The molecule has 0 aromatic heterocycles. The normalized spacial score (nSPS) is 11.7. The smallest absolute Gasteiger partial charge is 0.326 e. The highest BCUT2D eigenvalue weighted by Gasteiger charge is 2.20. The van der Waals surface area contributed by atoms with Gasteiger partial charge in [0.2, 0.25) is 0 Å². The monoisotopic (exact) mass is 334 g/mol. The molecule has 4 N–H and O–H groups in total. The van der Waals surface area contributed by atoms with Crippen LogP contribution in [-0.4, -0.2) is 34.9 Å². The van der Waals surface area contributed by atoms with Crippen LogP contribution in [0.5, 0.6) is 0 Å². The van der Waals surface area contributed by atoms with Gasteiger partial charge >= 0.3 is 12.0 Å². The van der Waals surface area contributed by atoms with Crippen LogP contribution in [0, 0.1) is 5.82 Å². The fourth-order valence-corrected chi connectivity index (χ4v) is 1.75. The van der Waals surface area contributed by atoms with E-state index < -0.39 is 23.9 Å². The molecule has 1 atom stereocenters. The van der Waals surface area contributed by atoms with Crippen molar-refractivity contribution < 1.29 is 24.2 Å². The van der Waals surface area contributed by atoms with Crippen molar-refractivity contribution in [2.45, 2.75) is 12.5 Å². The molecule has 104 valence electrons. The van der Waals surface area contributed by atoms with E-state index in [1.165, 1.54) is 12.1 Å². The van der Waals surface area contributed by atoms with Crippen molar-refractivity contribution in [1.82, 2.24) is 5.32 Å². The first-order valence-electron chi connectivity index (χ1n) is 5.31. The zero-order valence-electron chi connectivity index (χ0n) is 9.69. The van der Waals surface area contributed by atoms with Crippen molar-refractivity contribution >= 4 is 33.6 Å². The molecule has 0 fully saturated rings. The summed E-state index contributed by atoms with van der Waals surface area (Å²) in [7, 11) is 0. The van der Waals surface area contributed by atoms with Gasteiger partial charge in [0.25, 0.3) is 0 Å². The molecule has 8 heteroatoms. The number of aliphatic carboxylic acids is 1. The van der Waals surface area contributed by atoms with E-state index >= 15 is 0 Å². The average molecular weight is 335 g/mol.